The number of carboxylic acids is 1. The molecule has 1 heterocycles. The zero-order valence-corrected chi connectivity index (χ0v) is 6.34. The van der Waals surface area contributed by atoms with E-state index in [1.807, 2.05) is 0 Å². The van der Waals surface area contributed by atoms with Crippen LogP contribution in [-0.4, -0.2) is 16.2 Å². The third-order valence-corrected chi connectivity index (χ3v) is 2.16. The summed E-state index contributed by atoms with van der Waals surface area (Å²) in [6, 6.07) is 1.89. The monoisotopic (exact) mass is 173 g/mol. The van der Waals surface area contributed by atoms with Crippen LogP contribution in [0.25, 0.3) is 0 Å². The zero-order valence-electron chi connectivity index (χ0n) is 5.52. The van der Waals surface area contributed by atoms with Crippen LogP contribution in [0.2, 0.25) is 0 Å². The molecule has 5 heteroatoms. The second-order valence-electron chi connectivity index (χ2n) is 1.99. The summed E-state index contributed by atoms with van der Waals surface area (Å²) in [6.45, 7) is 0. The molecule has 1 aromatic heterocycles. The van der Waals surface area contributed by atoms with Crippen molar-refractivity contribution < 1.29 is 15.0 Å². The number of aliphatic carboxylic acids is 1. The van der Waals surface area contributed by atoms with Crippen LogP contribution in [0.5, 0.6) is 5.06 Å². The average molecular weight is 173 g/mol. The van der Waals surface area contributed by atoms with Crippen LogP contribution in [0, 0.1) is 0 Å². The van der Waals surface area contributed by atoms with Crippen LogP contribution < -0.4 is 5.73 Å². The van der Waals surface area contributed by atoms with Gasteiger partial charge >= 0.3 is 5.97 Å². The van der Waals surface area contributed by atoms with Gasteiger partial charge in [-0.25, -0.2) is 0 Å². The Bertz CT molecular complexity index is 271. The van der Waals surface area contributed by atoms with Gasteiger partial charge in [0.25, 0.3) is 0 Å². The predicted octanol–water partition coefficient (Wildman–Crippen LogP) is 0.538. The highest BCUT2D eigenvalue weighted by molar-refractivity contribution is 7.13. The molecule has 0 bridgehead atoms. The van der Waals surface area contributed by atoms with Gasteiger partial charge in [0, 0.05) is 4.88 Å². The lowest BCUT2D eigenvalue weighted by Crippen LogP contribution is -2.19. The van der Waals surface area contributed by atoms with Crippen LogP contribution in [0.15, 0.2) is 12.1 Å². The van der Waals surface area contributed by atoms with Crippen molar-refractivity contribution in [3.8, 4) is 5.06 Å². The molecule has 4 N–H and O–H groups in total. The van der Waals surface area contributed by atoms with Gasteiger partial charge in [0.1, 0.15) is 6.04 Å². The van der Waals surface area contributed by atoms with E-state index in [1.165, 1.54) is 12.1 Å². The molecule has 0 radical (unpaired) electrons. The largest absolute Gasteiger partial charge is 0.499 e. The highest BCUT2D eigenvalue weighted by Crippen LogP contribution is 2.26. The lowest BCUT2D eigenvalue weighted by Gasteiger charge is -2.00. The first-order chi connectivity index (χ1) is 5.11. The molecule has 0 aliphatic rings. The third-order valence-electron chi connectivity index (χ3n) is 1.19. The van der Waals surface area contributed by atoms with Gasteiger partial charge in [-0.1, -0.05) is 0 Å². The van der Waals surface area contributed by atoms with Crippen LogP contribution >= 0.6 is 11.3 Å². The summed E-state index contributed by atoms with van der Waals surface area (Å²) in [5, 5.41) is 17.4. The molecule has 1 rings (SSSR count). The van der Waals surface area contributed by atoms with E-state index in [1.54, 1.807) is 0 Å². The minimum atomic E-state index is -1.09. The molecular formula is C6H7NO3S. The number of hydrogen-bond acceptors (Lipinski definition) is 4. The molecule has 0 amide bonds. The summed E-state index contributed by atoms with van der Waals surface area (Å²) in [5.41, 5.74) is 5.25. The van der Waals surface area contributed by atoms with E-state index in [0.29, 0.717) is 4.88 Å². The van der Waals surface area contributed by atoms with Crippen LogP contribution in [0.4, 0.5) is 0 Å². The van der Waals surface area contributed by atoms with Gasteiger partial charge in [-0.2, -0.15) is 0 Å². The van der Waals surface area contributed by atoms with Gasteiger partial charge in [-0.05, 0) is 12.1 Å². The van der Waals surface area contributed by atoms with Gasteiger partial charge < -0.3 is 15.9 Å². The Balaban J connectivity index is 2.84. The summed E-state index contributed by atoms with van der Waals surface area (Å²) in [6.07, 6.45) is 0. The molecule has 1 aromatic rings. The van der Waals surface area contributed by atoms with Gasteiger partial charge in [-0.15, -0.1) is 11.3 Å². The first kappa shape index (κ1) is 8.03. The topological polar surface area (TPSA) is 83.6 Å². The predicted molar refractivity (Wildman–Crippen MR) is 40.5 cm³/mol. The van der Waals surface area contributed by atoms with Crippen molar-refractivity contribution in [1.82, 2.24) is 0 Å². The van der Waals surface area contributed by atoms with Crippen molar-refractivity contribution in [2.75, 3.05) is 0 Å². The number of aromatic hydroxyl groups is 1. The Kier molecular flexibility index (Phi) is 2.11. The molecule has 4 nitrogen and oxygen atoms in total. The van der Waals surface area contributed by atoms with Crippen molar-refractivity contribution in [2.24, 2.45) is 5.73 Å². The van der Waals surface area contributed by atoms with Crippen molar-refractivity contribution in [2.45, 2.75) is 6.04 Å². The molecule has 0 fully saturated rings. The molecule has 0 aromatic carbocycles. The molecule has 11 heavy (non-hydrogen) atoms. The SMILES string of the molecule is N[C@@H](C(=O)O)c1ccc(O)s1. The number of hydrogen-bond donors (Lipinski definition) is 3. The number of rotatable bonds is 2. The van der Waals surface area contributed by atoms with E-state index >= 15 is 0 Å². The van der Waals surface area contributed by atoms with Crippen LogP contribution in [-0.2, 0) is 4.79 Å². The lowest BCUT2D eigenvalue weighted by atomic mass is 10.3. The fourth-order valence-electron chi connectivity index (χ4n) is 0.631. The fourth-order valence-corrected chi connectivity index (χ4v) is 1.37. The van der Waals surface area contributed by atoms with E-state index in [4.69, 9.17) is 15.9 Å². The van der Waals surface area contributed by atoms with E-state index < -0.39 is 12.0 Å². The Morgan fingerprint density at radius 2 is 2.27 bits per heavy atom. The lowest BCUT2D eigenvalue weighted by molar-refractivity contribution is -0.138. The minimum Gasteiger partial charge on any atom is -0.499 e. The zero-order chi connectivity index (χ0) is 8.43. The Hall–Kier alpha value is -1.07. The summed E-state index contributed by atoms with van der Waals surface area (Å²) in [7, 11) is 0. The van der Waals surface area contributed by atoms with Gasteiger partial charge in [0.2, 0.25) is 0 Å². The quantitative estimate of drug-likeness (QED) is 0.609. The molecule has 0 saturated heterocycles. The van der Waals surface area contributed by atoms with E-state index in [-0.39, 0.29) is 5.06 Å². The number of thiophene rings is 1. The summed E-state index contributed by atoms with van der Waals surface area (Å²) in [4.78, 5) is 10.8. The smallest absolute Gasteiger partial charge is 0.325 e. The molecule has 0 aliphatic carbocycles. The van der Waals surface area contributed by atoms with Crippen molar-refractivity contribution in [1.29, 1.82) is 0 Å². The molecule has 60 valence electrons. The Labute approximate surface area is 66.9 Å². The molecule has 0 saturated carbocycles. The first-order valence-electron chi connectivity index (χ1n) is 2.88. The highest BCUT2D eigenvalue weighted by Gasteiger charge is 2.15. The molecular weight excluding hydrogens is 166 g/mol. The molecule has 0 aliphatic heterocycles. The normalized spacial score (nSPS) is 12.8. The highest BCUT2D eigenvalue weighted by atomic mass is 32.1. The van der Waals surface area contributed by atoms with Crippen molar-refractivity contribution in [3.63, 3.8) is 0 Å². The second-order valence-corrected chi connectivity index (χ2v) is 3.09. The van der Waals surface area contributed by atoms with Crippen molar-refractivity contribution in [3.05, 3.63) is 17.0 Å². The van der Waals surface area contributed by atoms with Crippen LogP contribution in [0.1, 0.15) is 10.9 Å². The van der Waals surface area contributed by atoms with Gasteiger partial charge in [-0.3, -0.25) is 4.79 Å². The van der Waals surface area contributed by atoms with Crippen LogP contribution in [0.3, 0.4) is 0 Å². The van der Waals surface area contributed by atoms with Gasteiger partial charge in [0.05, 0.1) is 0 Å². The third kappa shape index (κ3) is 1.69. The Morgan fingerprint density at radius 3 is 2.64 bits per heavy atom. The second kappa shape index (κ2) is 2.89. The number of carbonyl (C=O) groups is 1. The maximum atomic E-state index is 10.3. The molecule has 0 unspecified atom stereocenters. The van der Waals surface area contributed by atoms with E-state index in [2.05, 4.69) is 0 Å². The molecule has 1 atom stereocenters. The summed E-state index contributed by atoms with van der Waals surface area (Å²) in [5.74, 6) is -1.09. The average Bonchev–Trinajstić information content (AvgIpc) is 2.34. The maximum Gasteiger partial charge on any atom is 0.325 e. The van der Waals surface area contributed by atoms with Crippen molar-refractivity contribution >= 4 is 17.3 Å². The fraction of sp³-hybridized carbons (Fsp3) is 0.167. The van der Waals surface area contributed by atoms with E-state index in [9.17, 15) is 4.79 Å². The minimum absolute atomic E-state index is 0.0803. The number of carboxylic acid groups (broad SMARTS) is 1. The van der Waals surface area contributed by atoms with E-state index in [0.717, 1.165) is 11.3 Å². The summed E-state index contributed by atoms with van der Waals surface area (Å²) >= 11 is 0.974. The maximum absolute atomic E-state index is 10.3. The standard InChI is InChI=1S/C6H7NO3S/c7-5(6(9)10)3-1-2-4(8)11-3/h1-2,5,8H,7H2,(H,9,10)/t5-/m1/s1. The number of nitrogens with two attached hydrogens (primary N) is 1. The molecule has 0 spiro atoms. The first-order valence-corrected chi connectivity index (χ1v) is 3.70. The summed E-state index contributed by atoms with van der Waals surface area (Å²) < 4.78 is 0. The van der Waals surface area contributed by atoms with Gasteiger partial charge in [0.15, 0.2) is 5.06 Å². The Morgan fingerprint density at radius 1 is 1.64 bits per heavy atom.